The third-order valence-corrected chi connectivity index (χ3v) is 5.91. The van der Waals surface area contributed by atoms with E-state index in [2.05, 4.69) is 25.9 Å². The van der Waals surface area contributed by atoms with E-state index in [0.29, 0.717) is 12.1 Å². The molecule has 4 unspecified atom stereocenters. The summed E-state index contributed by atoms with van der Waals surface area (Å²) in [5.74, 6) is -2.71. The van der Waals surface area contributed by atoms with Gasteiger partial charge in [-0.05, 0) is 30.2 Å². The van der Waals surface area contributed by atoms with E-state index in [1.165, 1.54) is 6.33 Å². The number of rotatable bonds is 15. The van der Waals surface area contributed by atoms with Crippen LogP contribution in [-0.2, 0) is 32.0 Å². The first-order valence-corrected chi connectivity index (χ1v) is 12.9. The molecule has 2 rings (SSSR count). The van der Waals surface area contributed by atoms with E-state index >= 15 is 0 Å². The third-order valence-electron chi connectivity index (χ3n) is 5.91. The van der Waals surface area contributed by atoms with Gasteiger partial charge < -0.3 is 31.8 Å². The van der Waals surface area contributed by atoms with Crippen molar-refractivity contribution in [2.45, 2.75) is 77.5 Å². The SMILES string of the molecule is CC(C)CC(NC(=O)C(N)Cc1cnc[nH]1)C(=O)NC(CC(C)C)C(=O)NC(Cc1ccccc1)C(=O)O. The Bertz CT molecular complexity index is 1040. The van der Waals surface area contributed by atoms with Crippen molar-refractivity contribution < 1.29 is 24.3 Å². The Balaban J connectivity index is 2.11. The lowest BCUT2D eigenvalue weighted by Gasteiger charge is -2.27. The molecule has 0 aliphatic rings. The van der Waals surface area contributed by atoms with Crippen LogP contribution in [0.5, 0.6) is 0 Å². The summed E-state index contributed by atoms with van der Waals surface area (Å²) in [4.78, 5) is 57.9. The maximum absolute atomic E-state index is 13.3. The number of nitrogens with zero attached hydrogens (tertiary/aromatic N) is 1. The molecule has 2 aromatic rings. The van der Waals surface area contributed by atoms with Gasteiger partial charge in [0.15, 0.2) is 0 Å². The number of hydrogen-bond donors (Lipinski definition) is 6. The van der Waals surface area contributed by atoms with Crippen LogP contribution in [-0.4, -0.2) is 62.9 Å². The topological polar surface area (TPSA) is 179 Å². The number of carboxylic acids is 1. The molecule has 38 heavy (non-hydrogen) atoms. The van der Waals surface area contributed by atoms with Crippen molar-refractivity contribution in [1.29, 1.82) is 0 Å². The van der Waals surface area contributed by atoms with Crippen molar-refractivity contribution in [2.75, 3.05) is 0 Å². The van der Waals surface area contributed by atoms with Crippen LogP contribution >= 0.6 is 0 Å². The molecule has 0 aliphatic carbocycles. The zero-order valence-electron chi connectivity index (χ0n) is 22.4. The predicted molar refractivity (Wildman–Crippen MR) is 143 cm³/mol. The van der Waals surface area contributed by atoms with Gasteiger partial charge in [-0.25, -0.2) is 9.78 Å². The Labute approximate surface area is 223 Å². The van der Waals surface area contributed by atoms with Crippen LogP contribution in [0.1, 0.15) is 51.8 Å². The number of imidazole rings is 1. The molecule has 4 atom stereocenters. The molecule has 0 bridgehead atoms. The molecule has 0 fully saturated rings. The smallest absolute Gasteiger partial charge is 0.326 e. The second-order valence-electron chi connectivity index (χ2n) is 10.4. The number of carbonyl (C=O) groups excluding carboxylic acids is 3. The molecule has 0 radical (unpaired) electrons. The molecule has 0 spiro atoms. The monoisotopic (exact) mass is 528 g/mol. The summed E-state index contributed by atoms with van der Waals surface area (Å²) < 4.78 is 0. The number of hydrogen-bond acceptors (Lipinski definition) is 6. The number of carbonyl (C=O) groups is 4. The summed E-state index contributed by atoms with van der Waals surface area (Å²) >= 11 is 0. The van der Waals surface area contributed by atoms with Gasteiger partial charge in [-0.15, -0.1) is 0 Å². The number of benzene rings is 1. The number of amides is 3. The Morgan fingerprint density at radius 1 is 0.842 bits per heavy atom. The number of aromatic amines is 1. The van der Waals surface area contributed by atoms with E-state index in [9.17, 15) is 24.3 Å². The highest BCUT2D eigenvalue weighted by atomic mass is 16.4. The highest BCUT2D eigenvalue weighted by molar-refractivity contribution is 5.94. The summed E-state index contributed by atoms with van der Waals surface area (Å²) in [6, 6.07) is 5.01. The second-order valence-corrected chi connectivity index (χ2v) is 10.4. The van der Waals surface area contributed by atoms with Gasteiger partial charge in [0.25, 0.3) is 0 Å². The average molecular weight is 529 g/mol. The lowest BCUT2D eigenvalue weighted by Crippen LogP contribution is -2.57. The first-order chi connectivity index (χ1) is 18.0. The van der Waals surface area contributed by atoms with Crippen molar-refractivity contribution in [3.63, 3.8) is 0 Å². The minimum absolute atomic E-state index is 0.0319. The Morgan fingerprint density at radius 2 is 1.37 bits per heavy atom. The van der Waals surface area contributed by atoms with Crippen LogP contribution in [0.15, 0.2) is 42.9 Å². The number of aromatic nitrogens is 2. The van der Waals surface area contributed by atoms with Crippen LogP contribution in [0.3, 0.4) is 0 Å². The zero-order chi connectivity index (χ0) is 28.2. The van der Waals surface area contributed by atoms with Gasteiger partial charge in [-0.3, -0.25) is 14.4 Å². The van der Waals surface area contributed by atoms with Crippen LogP contribution in [0.2, 0.25) is 0 Å². The van der Waals surface area contributed by atoms with E-state index < -0.39 is 47.9 Å². The molecule has 0 saturated carbocycles. The third kappa shape index (κ3) is 10.3. The summed E-state index contributed by atoms with van der Waals surface area (Å²) in [5.41, 5.74) is 7.49. The van der Waals surface area contributed by atoms with Gasteiger partial charge in [0, 0.05) is 24.7 Å². The molecule has 11 heteroatoms. The standard InChI is InChI=1S/C27H40N6O5/c1-16(2)10-21(31-24(34)20(28)13-19-14-29-15-30-19)25(35)32-22(11-17(3)4)26(36)33-23(27(37)38)12-18-8-6-5-7-9-18/h5-9,14-17,20-23H,10-13,28H2,1-4H3,(H,29,30)(H,31,34)(H,32,35)(H,33,36)(H,37,38). The number of nitrogens with one attached hydrogen (secondary N) is 4. The number of carboxylic acid groups (broad SMARTS) is 1. The fourth-order valence-electron chi connectivity index (χ4n) is 4.01. The molecule has 11 nitrogen and oxygen atoms in total. The molecule has 1 heterocycles. The molecule has 3 amide bonds. The maximum atomic E-state index is 13.3. The van der Waals surface area contributed by atoms with E-state index in [4.69, 9.17) is 5.73 Å². The predicted octanol–water partition coefficient (Wildman–Crippen LogP) is 1.15. The fraction of sp³-hybridized carbons (Fsp3) is 0.519. The van der Waals surface area contributed by atoms with Crippen molar-refractivity contribution in [3.05, 3.63) is 54.1 Å². The van der Waals surface area contributed by atoms with Gasteiger partial charge in [0.05, 0.1) is 12.4 Å². The van der Waals surface area contributed by atoms with Crippen LogP contribution in [0.4, 0.5) is 0 Å². The second kappa shape index (κ2) is 14.9. The normalized spacial score (nSPS) is 14.4. The highest BCUT2D eigenvalue weighted by Gasteiger charge is 2.31. The molecular formula is C27H40N6O5. The minimum Gasteiger partial charge on any atom is -0.480 e. The van der Waals surface area contributed by atoms with Gasteiger partial charge in [-0.1, -0.05) is 58.0 Å². The number of aliphatic carboxylic acids is 1. The van der Waals surface area contributed by atoms with E-state index in [1.54, 1.807) is 30.5 Å². The summed E-state index contributed by atoms with van der Waals surface area (Å²) in [7, 11) is 0. The van der Waals surface area contributed by atoms with Gasteiger partial charge in [0.1, 0.15) is 18.1 Å². The van der Waals surface area contributed by atoms with Crippen molar-refractivity contribution in [2.24, 2.45) is 17.6 Å². The maximum Gasteiger partial charge on any atom is 0.326 e. The Kier molecular flexibility index (Phi) is 11.9. The fourth-order valence-corrected chi connectivity index (χ4v) is 4.01. The van der Waals surface area contributed by atoms with Crippen molar-refractivity contribution in [1.82, 2.24) is 25.9 Å². The van der Waals surface area contributed by atoms with E-state index in [0.717, 1.165) is 5.56 Å². The Morgan fingerprint density at radius 3 is 1.84 bits per heavy atom. The molecule has 7 N–H and O–H groups in total. The van der Waals surface area contributed by atoms with E-state index in [-0.39, 0.29) is 31.1 Å². The minimum atomic E-state index is -1.17. The average Bonchev–Trinajstić information content (AvgIpc) is 3.35. The highest BCUT2D eigenvalue weighted by Crippen LogP contribution is 2.11. The lowest BCUT2D eigenvalue weighted by atomic mass is 9.99. The molecule has 0 aliphatic heterocycles. The summed E-state index contributed by atoms with van der Waals surface area (Å²) in [6.45, 7) is 7.62. The van der Waals surface area contributed by atoms with Crippen LogP contribution in [0, 0.1) is 11.8 Å². The van der Waals surface area contributed by atoms with Gasteiger partial charge >= 0.3 is 5.97 Å². The molecule has 208 valence electrons. The number of H-pyrrole nitrogens is 1. The van der Waals surface area contributed by atoms with Crippen molar-refractivity contribution in [3.8, 4) is 0 Å². The van der Waals surface area contributed by atoms with Crippen molar-refractivity contribution >= 4 is 23.7 Å². The number of nitrogens with two attached hydrogens (primary N) is 1. The zero-order valence-corrected chi connectivity index (χ0v) is 22.4. The molecule has 1 aromatic heterocycles. The summed E-state index contributed by atoms with van der Waals surface area (Å²) in [6.07, 6.45) is 4.00. The quantitative estimate of drug-likeness (QED) is 0.201. The molecule has 1 aromatic carbocycles. The molecular weight excluding hydrogens is 488 g/mol. The summed E-state index contributed by atoms with van der Waals surface area (Å²) in [5, 5.41) is 17.7. The van der Waals surface area contributed by atoms with Gasteiger partial charge in [-0.2, -0.15) is 0 Å². The van der Waals surface area contributed by atoms with E-state index in [1.807, 2.05) is 33.8 Å². The molecule has 0 saturated heterocycles. The largest absolute Gasteiger partial charge is 0.480 e. The lowest BCUT2D eigenvalue weighted by molar-refractivity contribution is -0.142. The van der Waals surface area contributed by atoms with Crippen LogP contribution < -0.4 is 21.7 Å². The first kappa shape index (κ1) is 30.5. The Hall–Kier alpha value is -3.73. The van der Waals surface area contributed by atoms with Crippen LogP contribution in [0.25, 0.3) is 0 Å². The first-order valence-electron chi connectivity index (χ1n) is 12.9. The van der Waals surface area contributed by atoms with Gasteiger partial charge in [0.2, 0.25) is 17.7 Å².